The van der Waals surface area contributed by atoms with Crippen LogP contribution in [0.5, 0.6) is 0 Å². The van der Waals surface area contributed by atoms with Gasteiger partial charge >= 0.3 is 5.97 Å². The van der Waals surface area contributed by atoms with E-state index in [4.69, 9.17) is 9.15 Å². The number of hydrogen-bond donors (Lipinski definition) is 0. The molecule has 0 amide bonds. The van der Waals surface area contributed by atoms with E-state index in [-0.39, 0.29) is 5.43 Å². The van der Waals surface area contributed by atoms with Crippen LogP contribution in [0.25, 0.3) is 22.3 Å². The van der Waals surface area contributed by atoms with Gasteiger partial charge in [-0.2, -0.15) is 0 Å². The van der Waals surface area contributed by atoms with Crippen molar-refractivity contribution in [1.82, 2.24) is 0 Å². The van der Waals surface area contributed by atoms with E-state index in [0.29, 0.717) is 22.3 Å². The summed E-state index contributed by atoms with van der Waals surface area (Å²) < 4.78 is 11.6. The van der Waals surface area contributed by atoms with Crippen LogP contribution in [-0.4, -0.2) is 5.97 Å². The van der Waals surface area contributed by atoms with Crippen LogP contribution >= 0.6 is 0 Å². The summed E-state index contributed by atoms with van der Waals surface area (Å²) in [6.45, 7) is 5.21. The van der Waals surface area contributed by atoms with Gasteiger partial charge in [-0.15, -0.1) is 0 Å². The first-order chi connectivity index (χ1) is 11.5. The Morgan fingerprint density at radius 3 is 2.67 bits per heavy atom. The molecule has 0 fully saturated rings. The number of hydrogen-bond acceptors (Lipinski definition) is 4. The van der Waals surface area contributed by atoms with Gasteiger partial charge in [-0.25, -0.2) is 0 Å². The van der Waals surface area contributed by atoms with Gasteiger partial charge in [0.1, 0.15) is 11.3 Å². The molecule has 0 saturated carbocycles. The van der Waals surface area contributed by atoms with Crippen molar-refractivity contribution in [3.63, 3.8) is 0 Å². The minimum Gasteiger partial charge on any atom is -0.455 e. The number of ether oxygens (including phenoxy) is 1. The molecule has 1 heterocycles. The number of carbonyl (C=O) groups excluding carboxylic acids is 1. The third-order valence-corrected chi connectivity index (χ3v) is 4.39. The van der Waals surface area contributed by atoms with Gasteiger partial charge in [0.05, 0.1) is 10.9 Å². The fraction of sp³-hybridized carbons (Fsp3) is 0.200. The molecule has 2 aromatic carbocycles. The van der Waals surface area contributed by atoms with Gasteiger partial charge in [0.2, 0.25) is 5.43 Å². The Kier molecular flexibility index (Phi) is 3.10. The molecular formula is C20H16O4. The number of rotatable bonds is 1. The Morgan fingerprint density at radius 1 is 1.17 bits per heavy atom. The summed E-state index contributed by atoms with van der Waals surface area (Å²) in [7, 11) is 0. The second-order valence-corrected chi connectivity index (χ2v) is 6.21. The first-order valence-electron chi connectivity index (χ1n) is 7.82. The van der Waals surface area contributed by atoms with Crippen LogP contribution in [0.4, 0.5) is 0 Å². The fourth-order valence-electron chi connectivity index (χ4n) is 3.48. The van der Waals surface area contributed by atoms with Crippen molar-refractivity contribution < 1.29 is 13.9 Å². The topological polar surface area (TPSA) is 56.5 Å². The summed E-state index contributed by atoms with van der Waals surface area (Å²) >= 11 is 0. The molecular weight excluding hydrogens is 304 g/mol. The van der Waals surface area contributed by atoms with E-state index >= 15 is 0 Å². The van der Waals surface area contributed by atoms with Crippen LogP contribution in [0.2, 0.25) is 0 Å². The molecule has 24 heavy (non-hydrogen) atoms. The lowest BCUT2D eigenvalue weighted by Crippen LogP contribution is -2.16. The van der Waals surface area contributed by atoms with E-state index in [1.54, 1.807) is 0 Å². The van der Waals surface area contributed by atoms with Gasteiger partial charge in [0.15, 0.2) is 6.10 Å². The molecule has 0 spiro atoms. The highest BCUT2D eigenvalue weighted by Gasteiger charge is 2.36. The molecule has 0 saturated heterocycles. The van der Waals surface area contributed by atoms with E-state index in [0.717, 1.165) is 22.3 Å². The maximum absolute atomic E-state index is 13.1. The SMILES string of the molecule is CC(=O)OC1c2ccccc2-c2oc3c(C)cc(C)cc3c(=O)c21. The minimum absolute atomic E-state index is 0.138. The first kappa shape index (κ1) is 14.7. The van der Waals surface area contributed by atoms with Gasteiger partial charge in [-0.3, -0.25) is 9.59 Å². The van der Waals surface area contributed by atoms with Crippen LogP contribution < -0.4 is 5.43 Å². The predicted molar refractivity (Wildman–Crippen MR) is 91.0 cm³/mol. The highest BCUT2D eigenvalue weighted by Crippen LogP contribution is 2.45. The molecule has 4 rings (SSSR count). The zero-order chi connectivity index (χ0) is 17.0. The van der Waals surface area contributed by atoms with Crippen LogP contribution in [-0.2, 0) is 9.53 Å². The monoisotopic (exact) mass is 320 g/mol. The maximum atomic E-state index is 13.1. The zero-order valence-corrected chi connectivity index (χ0v) is 13.7. The lowest BCUT2D eigenvalue weighted by atomic mass is 10.0. The second kappa shape index (κ2) is 5.06. The molecule has 3 aromatic rings. The van der Waals surface area contributed by atoms with E-state index in [2.05, 4.69) is 0 Å². The average molecular weight is 320 g/mol. The number of fused-ring (bicyclic) bond motifs is 4. The Bertz CT molecular complexity index is 1060. The van der Waals surface area contributed by atoms with Crippen LogP contribution in [0.3, 0.4) is 0 Å². The lowest BCUT2D eigenvalue weighted by Gasteiger charge is -2.13. The minimum atomic E-state index is -0.713. The van der Waals surface area contributed by atoms with Gasteiger partial charge in [-0.1, -0.05) is 30.3 Å². The molecule has 1 unspecified atom stereocenters. The van der Waals surface area contributed by atoms with Crippen molar-refractivity contribution in [3.05, 3.63) is 68.9 Å². The van der Waals surface area contributed by atoms with Gasteiger partial charge in [0, 0.05) is 18.1 Å². The summed E-state index contributed by atoms with van der Waals surface area (Å²) in [4.78, 5) is 24.7. The fourth-order valence-corrected chi connectivity index (χ4v) is 3.48. The van der Waals surface area contributed by atoms with Crippen molar-refractivity contribution in [3.8, 4) is 11.3 Å². The summed E-state index contributed by atoms with van der Waals surface area (Å²) in [6.07, 6.45) is -0.713. The third-order valence-electron chi connectivity index (χ3n) is 4.39. The Hall–Kier alpha value is -2.88. The first-order valence-corrected chi connectivity index (χ1v) is 7.82. The molecule has 1 aromatic heterocycles. The van der Waals surface area contributed by atoms with Gasteiger partial charge < -0.3 is 9.15 Å². The molecule has 4 nitrogen and oxygen atoms in total. The van der Waals surface area contributed by atoms with E-state index in [1.807, 2.05) is 50.2 Å². The van der Waals surface area contributed by atoms with Crippen molar-refractivity contribution in [1.29, 1.82) is 0 Å². The van der Waals surface area contributed by atoms with Crippen LogP contribution in [0.15, 0.2) is 45.6 Å². The van der Waals surface area contributed by atoms with E-state index in [1.165, 1.54) is 6.92 Å². The van der Waals surface area contributed by atoms with Crippen molar-refractivity contribution in [2.45, 2.75) is 26.9 Å². The molecule has 1 atom stereocenters. The molecule has 4 heteroatoms. The Morgan fingerprint density at radius 2 is 1.92 bits per heavy atom. The third kappa shape index (κ3) is 1.99. The molecule has 0 aliphatic heterocycles. The molecule has 0 N–H and O–H groups in total. The number of benzene rings is 2. The average Bonchev–Trinajstić information content (AvgIpc) is 2.83. The highest BCUT2D eigenvalue weighted by molar-refractivity contribution is 5.86. The standard InChI is InChI=1S/C20H16O4/c1-10-8-11(2)18-15(9-10)17(22)16-19(23-12(3)21)13-6-4-5-7-14(13)20(16)24-18/h4-9,19H,1-3H3. The second-order valence-electron chi connectivity index (χ2n) is 6.21. The summed E-state index contributed by atoms with van der Waals surface area (Å²) in [5, 5.41) is 0.524. The summed E-state index contributed by atoms with van der Waals surface area (Å²) in [5.41, 5.74) is 4.35. The van der Waals surface area contributed by atoms with Crippen molar-refractivity contribution in [2.24, 2.45) is 0 Å². The van der Waals surface area contributed by atoms with Crippen molar-refractivity contribution >= 4 is 16.9 Å². The summed E-state index contributed by atoms with van der Waals surface area (Å²) in [6, 6.07) is 11.3. The largest absolute Gasteiger partial charge is 0.455 e. The molecule has 0 bridgehead atoms. The summed E-state index contributed by atoms with van der Waals surface area (Å²) in [5.74, 6) is 0.0730. The van der Waals surface area contributed by atoms with Gasteiger partial charge in [-0.05, 0) is 31.0 Å². The predicted octanol–water partition coefficient (Wildman–Crippen LogP) is 4.04. The molecule has 1 aliphatic rings. The normalized spacial score (nSPS) is 15.2. The zero-order valence-electron chi connectivity index (χ0n) is 13.7. The van der Waals surface area contributed by atoms with Crippen LogP contribution in [0, 0.1) is 13.8 Å². The highest BCUT2D eigenvalue weighted by atomic mass is 16.5. The quantitative estimate of drug-likeness (QED) is 0.635. The number of esters is 1. The number of aryl methyl sites for hydroxylation is 2. The lowest BCUT2D eigenvalue weighted by molar-refractivity contribution is -0.144. The van der Waals surface area contributed by atoms with Crippen molar-refractivity contribution in [2.75, 3.05) is 0 Å². The molecule has 1 aliphatic carbocycles. The van der Waals surface area contributed by atoms with E-state index in [9.17, 15) is 9.59 Å². The Labute approximate surface area is 138 Å². The smallest absolute Gasteiger partial charge is 0.303 e. The number of carbonyl (C=O) groups is 1. The van der Waals surface area contributed by atoms with E-state index < -0.39 is 12.1 Å². The van der Waals surface area contributed by atoms with Gasteiger partial charge in [0.25, 0.3) is 0 Å². The Balaban J connectivity index is 2.12. The molecule has 120 valence electrons. The molecule has 0 radical (unpaired) electrons. The maximum Gasteiger partial charge on any atom is 0.303 e. The van der Waals surface area contributed by atoms with Crippen LogP contribution in [0.1, 0.15) is 35.3 Å².